The minimum Gasteiger partial charge on any atom is -0.493 e. The number of Topliss-reactive ketones (excluding diaryl/α,β-unsaturated/α-hetero) is 1. The van der Waals surface area contributed by atoms with Crippen molar-refractivity contribution in [2.75, 3.05) is 24.6 Å². The van der Waals surface area contributed by atoms with E-state index in [0.717, 1.165) is 0 Å². The number of ether oxygens (including phenoxy) is 2. The highest BCUT2D eigenvalue weighted by Gasteiger charge is 2.32. The molecule has 2 N–H and O–H groups in total. The summed E-state index contributed by atoms with van der Waals surface area (Å²) in [7, 11) is 0. The zero-order valence-electron chi connectivity index (χ0n) is 13.0. The summed E-state index contributed by atoms with van der Waals surface area (Å²) in [5.41, 5.74) is 6.76. The van der Waals surface area contributed by atoms with Crippen molar-refractivity contribution in [3.63, 3.8) is 0 Å². The van der Waals surface area contributed by atoms with Gasteiger partial charge in [-0.2, -0.15) is 0 Å². The van der Waals surface area contributed by atoms with Gasteiger partial charge in [0, 0.05) is 19.0 Å². The van der Waals surface area contributed by atoms with E-state index in [1.54, 1.807) is 18.2 Å². The van der Waals surface area contributed by atoms with Crippen molar-refractivity contribution < 1.29 is 19.1 Å². The third-order valence-electron chi connectivity index (χ3n) is 3.52. The van der Waals surface area contributed by atoms with E-state index in [-0.39, 0.29) is 11.9 Å². The lowest BCUT2D eigenvalue weighted by Gasteiger charge is -2.15. The number of carbonyl (C=O) groups excluding carboxylic acids is 2. The number of nitrogens with zero attached hydrogens (tertiary/aromatic N) is 1. The molecule has 22 heavy (non-hydrogen) atoms. The zero-order chi connectivity index (χ0) is 16.1. The zero-order valence-corrected chi connectivity index (χ0v) is 13.0. The third kappa shape index (κ3) is 3.22. The van der Waals surface area contributed by atoms with Crippen molar-refractivity contribution in [3.8, 4) is 5.75 Å². The Labute approximate surface area is 130 Å². The highest BCUT2D eigenvalue weighted by Crippen LogP contribution is 2.31. The van der Waals surface area contributed by atoms with Gasteiger partial charge in [-0.25, -0.2) is 4.79 Å². The van der Waals surface area contributed by atoms with Crippen LogP contribution in [0, 0.1) is 0 Å². The summed E-state index contributed by atoms with van der Waals surface area (Å²) in [4.78, 5) is 25.2. The fourth-order valence-electron chi connectivity index (χ4n) is 2.43. The second kappa shape index (κ2) is 7.26. The van der Waals surface area contributed by atoms with Crippen molar-refractivity contribution in [2.24, 2.45) is 5.73 Å². The summed E-state index contributed by atoms with van der Waals surface area (Å²) in [6.07, 6.45) is 0.501. The quantitative estimate of drug-likeness (QED) is 0.907. The molecule has 2 aliphatic heterocycles. The highest BCUT2D eigenvalue weighted by molar-refractivity contribution is 6.00. The first kappa shape index (κ1) is 16.3. The minimum absolute atomic E-state index is 0.0767. The Morgan fingerprint density at radius 1 is 1.32 bits per heavy atom. The molecular weight excluding hydrogens is 284 g/mol. The summed E-state index contributed by atoms with van der Waals surface area (Å²) >= 11 is 0. The molecule has 3 rings (SSSR count). The van der Waals surface area contributed by atoms with Gasteiger partial charge in [0.05, 0.1) is 24.4 Å². The maximum Gasteiger partial charge on any atom is 0.414 e. The molecule has 0 spiro atoms. The summed E-state index contributed by atoms with van der Waals surface area (Å²) in [5, 5.41) is 0. The minimum atomic E-state index is -0.416. The molecule has 6 heteroatoms. The van der Waals surface area contributed by atoms with Crippen LogP contribution in [0.5, 0.6) is 5.75 Å². The molecule has 1 saturated heterocycles. The molecular formula is C16H22N2O4. The number of hydrogen-bond acceptors (Lipinski definition) is 5. The SMILES string of the molecule is CC.NCC1CN(c2ccc3c(c2)OCCCC3=O)C(=O)O1. The summed E-state index contributed by atoms with van der Waals surface area (Å²) in [6, 6.07) is 5.17. The van der Waals surface area contributed by atoms with Gasteiger partial charge in [-0.3, -0.25) is 9.69 Å². The van der Waals surface area contributed by atoms with Crippen LogP contribution in [0.1, 0.15) is 37.0 Å². The Balaban J connectivity index is 0.000000847. The number of rotatable bonds is 2. The predicted molar refractivity (Wildman–Crippen MR) is 83.5 cm³/mol. The largest absolute Gasteiger partial charge is 0.493 e. The average Bonchev–Trinajstić information content (AvgIpc) is 2.84. The normalized spacial score (nSPS) is 20.3. The van der Waals surface area contributed by atoms with Gasteiger partial charge < -0.3 is 15.2 Å². The third-order valence-corrected chi connectivity index (χ3v) is 3.52. The molecule has 120 valence electrons. The molecule has 1 amide bonds. The van der Waals surface area contributed by atoms with Crippen LogP contribution in [0.25, 0.3) is 0 Å². The Bertz CT molecular complexity index is 559. The van der Waals surface area contributed by atoms with Gasteiger partial charge in [0.2, 0.25) is 0 Å². The number of carbonyl (C=O) groups is 2. The fraction of sp³-hybridized carbons (Fsp3) is 0.500. The van der Waals surface area contributed by atoms with E-state index in [2.05, 4.69) is 0 Å². The number of cyclic esters (lactones) is 1. The first-order valence-corrected chi connectivity index (χ1v) is 7.67. The van der Waals surface area contributed by atoms with Gasteiger partial charge in [0.15, 0.2) is 5.78 Å². The number of benzene rings is 1. The standard InChI is InChI=1S/C14H16N2O4.C2H6/c15-7-10-8-16(14(18)20-10)9-3-4-11-12(17)2-1-5-19-13(11)6-9;1-2/h3-4,6,10H,1-2,5,7-8,15H2;1-2H3. The van der Waals surface area contributed by atoms with Gasteiger partial charge in [0.25, 0.3) is 0 Å². The van der Waals surface area contributed by atoms with Gasteiger partial charge in [0.1, 0.15) is 11.9 Å². The van der Waals surface area contributed by atoms with Crippen LogP contribution in [0.4, 0.5) is 10.5 Å². The van der Waals surface area contributed by atoms with Crippen molar-refractivity contribution in [2.45, 2.75) is 32.8 Å². The van der Waals surface area contributed by atoms with Gasteiger partial charge in [-0.15, -0.1) is 0 Å². The van der Waals surface area contributed by atoms with E-state index in [1.165, 1.54) is 4.90 Å². The number of fused-ring (bicyclic) bond motifs is 1. The first-order valence-electron chi connectivity index (χ1n) is 7.67. The smallest absolute Gasteiger partial charge is 0.414 e. The van der Waals surface area contributed by atoms with Crippen LogP contribution in [0.3, 0.4) is 0 Å². The second-order valence-corrected chi connectivity index (χ2v) is 4.91. The molecule has 0 saturated carbocycles. The second-order valence-electron chi connectivity index (χ2n) is 4.91. The van der Waals surface area contributed by atoms with Crippen LogP contribution in [-0.4, -0.2) is 37.7 Å². The molecule has 6 nitrogen and oxygen atoms in total. The van der Waals surface area contributed by atoms with E-state index < -0.39 is 6.09 Å². The van der Waals surface area contributed by atoms with E-state index in [0.29, 0.717) is 49.5 Å². The Morgan fingerprint density at radius 3 is 2.77 bits per heavy atom. The van der Waals surface area contributed by atoms with Crippen LogP contribution < -0.4 is 15.4 Å². The van der Waals surface area contributed by atoms with Crippen LogP contribution in [0.2, 0.25) is 0 Å². The molecule has 0 aliphatic carbocycles. The Kier molecular flexibility index (Phi) is 5.38. The highest BCUT2D eigenvalue weighted by atomic mass is 16.6. The number of nitrogens with two attached hydrogens (primary N) is 1. The Morgan fingerprint density at radius 2 is 2.09 bits per heavy atom. The number of hydrogen-bond donors (Lipinski definition) is 1. The molecule has 1 atom stereocenters. The van der Waals surface area contributed by atoms with Crippen molar-refractivity contribution in [1.29, 1.82) is 0 Å². The van der Waals surface area contributed by atoms with E-state index in [4.69, 9.17) is 15.2 Å². The van der Waals surface area contributed by atoms with Gasteiger partial charge in [-0.05, 0) is 18.6 Å². The Hall–Kier alpha value is -2.08. The topological polar surface area (TPSA) is 81.9 Å². The maximum atomic E-state index is 11.9. The molecule has 0 radical (unpaired) electrons. The summed E-state index contributed by atoms with van der Waals surface area (Å²) < 4.78 is 10.7. The molecule has 0 bridgehead atoms. The van der Waals surface area contributed by atoms with Gasteiger partial charge >= 0.3 is 6.09 Å². The predicted octanol–water partition coefficient (Wildman–Crippen LogP) is 2.35. The molecule has 1 unspecified atom stereocenters. The van der Waals surface area contributed by atoms with Gasteiger partial charge in [-0.1, -0.05) is 13.8 Å². The summed E-state index contributed by atoms with van der Waals surface area (Å²) in [5.74, 6) is 0.613. The number of ketones is 1. The molecule has 1 aromatic carbocycles. The molecule has 1 fully saturated rings. The molecule has 0 aromatic heterocycles. The monoisotopic (exact) mass is 306 g/mol. The van der Waals surface area contributed by atoms with Crippen LogP contribution >= 0.6 is 0 Å². The van der Waals surface area contributed by atoms with Crippen LogP contribution in [-0.2, 0) is 4.74 Å². The lowest BCUT2D eigenvalue weighted by atomic mass is 10.1. The first-order chi connectivity index (χ1) is 10.7. The molecule has 2 heterocycles. The summed E-state index contributed by atoms with van der Waals surface area (Å²) in [6.45, 7) is 5.22. The lowest BCUT2D eigenvalue weighted by molar-refractivity contribution is 0.0983. The van der Waals surface area contributed by atoms with Crippen molar-refractivity contribution >= 4 is 17.6 Å². The maximum absolute atomic E-state index is 11.9. The van der Waals surface area contributed by atoms with E-state index in [9.17, 15) is 9.59 Å². The van der Waals surface area contributed by atoms with E-state index in [1.807, 2.05) is 13.8 Å². The molecule has 1 aromatic rings. The van der Waals surface area contributed by atoms with Crippen molar-refractivity contribution in [3.05, 3.63) is 23.8 Å². The lowest BCUT2D eigenvalue weighted by Crippen LogP contribution is -2.27. The molecule has 2 aliphatic rings. The van der Waals surface area contributed by atoms with Crippen molar-refractivity contribution in [1.82, 2.24) is 0 Å². The van der Waals surface area contributed by atoms with Crippen LogP contribution in [0.15, 0.2) is 18.2 Å². The fourth-order valence-corrected chi connectivity index (χ4v) is 2.43. The average molecular weight is 306 g/mol. The number of amides is 1. The van der Waals surface area contributed by atoms with E-state index >= 15 is 0 Å². The number of anilines is 1.